The van der Waals surface area contributed by atoms with Gasteiger partial charge in [0.05, 0.1) is 5.56 Å². The Labute approximate surface area is 159 Å². The van der Waals surface area contributed by atoms with E-state index in [1.54, 1.807) is 24.3 Å². The molecule has 0 unspecified atom stereocenters. The number of halogens is 1. The summed E-state index contributed by atoms with van der Waals surface area (Å²) in [5.41, 5.74) is 7.36. The molecule has 1 aromatic heterocycles. The number of benzene rings is 2. The van der Waals surface area contributed by atoms with Crippen molar-refractivity contribution in [2.45, 2.75) is 9.92 Å². The standard InChI is InChI=1S/C19H11ClN4OS/c20-12-3-7-14(8-4-12)26-19-16(10-22)17(15(9-21)18(23)24-19)11-1-5-13(25)6-2-11/h1-8,25H,(H2,23,24). The fourth-order valence-electron chi connectivity index (χ4n) is 2.40. The fraction of sp³-hybridized carbons (Fsp3) is 0. The highest BCUT2D eigenvalue weighted by Gasteiger charge is 2.20. The molecular weight excluding hydrogens is 368 g/mol. The van der Waals surface area contributed by atoms with Crippen LogP contribution in [0.15, 0.2) is 58.5 Å². The van der Waals surface area contributed by atoms with Crippen molar-refractivity contribution in [3.05, 3.63) is 64.7 Å². The van der Waals surface area contributed by atoms with E-state index in [1.165, 1.54) is 23.9 Å². The molecule has 26 heavy (non-hydrogen) atoms. The first-order valence-electron chi connectivity index (χ1n) is 7.40. The highest BCUT2D eigenvalue weighted by Crippen LogP contribution is 2.38. The summed E-state index contributed by atoms with van der Waals surface area (Å²) in [5, 5.41) is 29.7. The van der Waals surface area contributed by atoms with Gasteiger partial charge in [-0.1, -0.05) is 35.5 Å². The number of nitriles is 2. The molecule has 0 aliphatic carbocycles. The third-order valence-corrected chi connectivity index (χ3v) is 4.85. The monoisotopic (exact) mass is 378 g/mol. The summed E-state index contributed by atoms with van der Waals surface area (Å²) in [5.74, 6) is 0.134. The number of phenolic OH excluding ortho intramolecular Hbond substituents is 1. The van der Waals surface area contributed by atoms with Crippen LogP contribution in [-0.2, 0) is 0 Å². The molecule has 3 aromatic rings. The second kappa shape index (κ2) is 7.37. The van der Waals surface area contributed by atoms with Crippen LogP contribution in [0.25, 0.3) is 11.1 Å². The Balaban J connectivity index is 2.21. The van der Waals surface area contributed by atoms with E-state index in [2.05, 4.69) is 11.1 Å². The summed E-state index contributed by atoms with van der Waals surface area (Å²) in [6, 6.07) is 17.5. The highest BCUT2D eigenvalue weighted by molar-refractivity contribution is 7.99. The van der Waals surface area contributed by atoms with Crippen molar-refractivity contribution in [3.8, 4) is 29.0 Å². The van der Waals surface area contributed by atoms with Gasteiger partial charge in [0.15, 0.2) is 0 Å². The van der Waals surface area contributed by atoms with Gasteiger partial charge in [0.25, 0.3) is 0 Å². The molecule has 0 fully saturated rings. The number of phenols is 1. The van der Waals surface area contributed by atoms with Crippen LogP contribution in [-0.4, -0.2) is 10.1 Å². The lowest BCUT2D eigenvalue weighted by molar-refractivity contribution is 0.475. The third-order valence-electron chi connectivity index (χ3n) is 3.60. The van der Waals surface area contributed by atoms with Crippen LogP contribution >= 0.6 is 23.4 Å². The highest BCUT2D eigenvalue weighted by atomic mass is 35.5. The molecule has 0 aliphatic heterocycles. The molecule has 7 heteroatoms. The number of hydrogen-bond donors (Lipinski definition) is 2. The lowest BCUT2D eigenvalue weighted by Crippen LogP contribution is -2.03. The molecule has 0 spiro atoms. The van der Waals surface area contributed by atoms with E-state index >= 15 is 0 Å². The van der Waals surface area contributed by atoms with Crippen molar-refractivity contribution in [3.63, 3.8) is 0 Å². The summed E-state index contributed by atoms with van der Waals surface area (Å²) in [6.45, 7) is 0. The Bertz CT molecular complexity index is 1050. The quantitative estimate of drug-likeness (QED) is 0.690. The smallest absolute Gasteiger partial charge is 0.143 e. The van der Waals surface area contributed by atoms with Crippen molar-refractivity contribution in [1.29, 1.82) is 10.5 Å². The van der Waals surface area contributed by atoms with Gasteiger partial charge < -0.3 is 10.8 Å². The fourth-order valence-corrected chi connectivity index (χ4v) is 3.42. The molecule has 126 valence electrons. The zero-order valence-corrected chi connectivity index (χ0v) is 14.8. The average molecular weight is 379 g/mol. The van der Waals surface area contributed by atoms with E-state index in [0.717, 1.165) is 4.90 Å². The minimum Gasteiger partial charge on any atom is -0.508 e. The number of nitrogens with zero attached hydrogens (tertiary/aromatic N) is 3. The summed E-state index contributed by atoms with van der Waals surface area (Å²) < 4.78 is 0. The van der Waals surface area contributed by atoms with E-state index in [1.807, 2.05) is 18.2 Å². The summed E-state index contributed by atoms with van der Waals surface area (Å²) >= 11 is 7.16. The first kappa shape index (κ1) is 17.6. The van der Waals surface area contributed by atoms with Crippen LogP contribution < -0.4 is 5.73 Å². The van der Waals surface area contributed by atoms with Crippen molar-refractivity contribution < 1.29 is 5.11 Å². The predicted octanol–water partition coefficient (Wildman–Crippen LogP) is 4.58. The van der Waals surface area contributed by atoms with Crippen LogP contribution in [0.4, 0.5) is 5.82 Å². The van der Waals surface area contributed by atoms with Gasteiger partial charge in [0, 0.05) is 15.5 Å². The molecular formula is C19H11ClN4OS. The second-order valence-corrected chi connectivity index (χ2v) is 6.75. The van der Waals surface area contributed by atoms with Gasteiger partial charge in [-0.25, -0.2) is 4.98 Å². The van der Waals surface area contributed by atoms with Gasteiger partial charge in [-0.3, -0.25) is 0 Å². The van der Waals surface area contributed by atoms with Crippen molar-refractivity contribution >= 4 is 29.2 Å². The topological polar surface area (TPSA) is 107 Å². The molecule has 1 heterocycles. The van der Waals surface area contributed by atoms with Crippen molar-refractivity contribution in [2.75, 3.05) is 5.73 Å². The normalized spacial score (nSPS) is 10.1. The number of aromatic hydroxyl groups is 1. The molecule has 5 nitrogen and oxygen atoms in total. The van der Waals surface area contributed by atoms with E-state index in [9.17, 15) is 15.6 Å². The molecule has 0 atom stereocenters. The first-order valence-corrected chi connectivity index (χ1v) is 8.59. The number of anilines is 1. The molecule has 0 saturated carbocycles. The lowest BCUT2D eigenvalue weighted by Gasteiger charge is -2.13. The van der Waals surface area contributed by atoms with Crippen molar-refractivity contribution in [1.82, 2.24) is 4.98 Å². The zero-order valence-electron chi connectivity index (χ0n) is 13.3. The maximum absolute atomic E-state index is 9.72. The Hall–Kier alpha value is -3.19. The van der Waals surface area contributed by atoms with Gasteiger partial charge in [0.2, 0.25) is 0 Å². The molecule has 0 bridgehead atoms. The number of nitrogen functional groups attached to an aromatic ring is 1. The maximum Gasteiger partial charge on any atom is 0.143 e. The lowest BCUT2D eigenvalue weighted by atomic mass is 9.97. The average Bonchev–Trinajstić information content (AvgIpc) is 2.64. The molecule has 2 aromatic carbocycles. The molecule has 0 radical (unpaired) electrons. The van der Waals surface area contributed by atoms with Crippen molar-refractivity contribution in [2.24, 2.45) is 0 Å². The maximum atomic E-state index is 9.72. The Morgan fingerprint density at radius 1 is 0.962 bits per heavy atom. The minimum absolute atomic E-state index is 0.0473. The van der Waals surface area contributed by atoms with Gasteiger partial charge in [-0.2, -0.15) is 10.5 Å². The van der Waals surface area contributed by atoms with Crippen LogP contribution in [0.5, 0.6) is 5.75 Å². The van der Waals surface area contributed by atoms with Gasteiger partial charge in [-0.15, -0.1) is 0 Å². The number of rotatable bonds is 3. The number of hydrogen-bond acceptors (Lipinski definition) is 6. The third kappa shape index (κ3) is 3.43. The zero-order chi connectivity index (χ0) is 18.7. The predicted molar refractivity (Wildman–Crippen MR) is 101 cm³/mol. The van der Waals surface area contributed by atoms with Crippen LogP contribution in [0.2, 0.25) is 5.02 Å². The Morgan fingerprint density at radius 2 is 1.58 bits per heavy atom. The van der Waals surface area contributed by atoms with E-state index in [-0.39, 0.29) is 22.7 Å². The number of aromatic nitrogens is 1. The largest absolute Gasteiger partial charge is 0.508 e. The summed E-state index contributed by atoms with van der Waals surface area (Å²) in [6.07, 6.45) is 0. The molecule has 0 saturated heterocycles. The minimum atomic E-state index is 0.0473. The van der Waals surface area contributed by atoms with E-state index in [0.29, 0.717) is 21.2 Å². The van der Waals surface area contributed by atoms with E-state index < -0.39 is 0 Å². The summed E-state index contributed by atoms with van der Waals surface area (Å²) in [7, 11) is 0. The molecule has 3 N–H and O–H groups in total. The van der Waals surface area contributed by atoms with Gasteiger partial charge in [0.1, 0.15) is 34.3 Å². The second-order valence-electron chi connectivity index (χ2n) is 5.25. The first-order chi connectivity index (χ1) is 12.5. The number of pyridine rings is 1. The van der Waals surface area contributed by atoms with Crippen LogP contribution in [0.3, 0.4) is 0 Å². The van der Waals surface area contributed by atoms with E-state index in [4.69, 9.17) is 17.3 Å². The van der Waals surface area contributed by atoms with Gasteiger partial charge in [-0.05, 0) is 42.0 Å². The van der Waals surface area contributed by atoms with Gasteiger partial charge >= 0.3 is 0 Å². The SMILES string of the molecule is N#Cc1c(N)nc(Sc2ccc(Cl)cc2)c(C#N)c1-c1ccc(O)cc1. The molecule has 0 amide bonds. The molecule has 3 rings (SSSR count). The molecule has 0 aliphatic rings. The van der Waals surface area contributed by atoms with Crippen LogP contribution in [0, 0.1) is 22.7 Å². The Kier molecular flexibility index (Phi) is 4.99. The Morgan fingerprint density at radius 3 is 2.15 bits per heavy atom. The summed E-state index contributed by atoms with van der Waals surface area (Å²) in [4.78, 5) is 5.08. The van der Waals surface area contributed by atoms with Crippen LogP contribution in [0.1, 0.15) is 11.1 Å². The number of nitrogens with two attached hydrogens (primary N) is 1.